The molecule has 1 saturated heterocycles. The zero-order chi connectivity index (χ0) is 11.4. The summed E-state index contributed by atoms with van der Waals surface area (Å²) in [7, 11) is 0. The molecule has 16 heavy (non-hydrogen) atoms. The van der Waals surface area contributed by atoms with E-state index in [0.717, 1.165) is 36.1 Å². The van der Waals surface area contributed by atoms with Crippen molar-refractivity contribution in [2.45, 2.75) is 17.9 Å². The van der Waals surface area contributed by atoms with E-state index < -0.39 is 0 Å². The summed E-state index contributed by atoms with van der Waals surface area (Å²) in [6, 6.07) is 6.64. The zero-order valence-electron chi connectivity index (χ0n) is 9.33. The van der Waals surface area contributed by atoms with E-state index >= 15 is 0 Å². The molecule has 4 heteroatoms. The van der Waals surface area contributed by atoms with Gasteiger partial charge in [-0.05, 0) is 30.7 Å². The van der Waals surface area contributed by atoms with Crippen LogP contribution in [0, 0.1) is 6.92 Å². The van der Waals surface area contributed by atoms with Crippen LogP contribution >= 0.6 is 23.4 Å². The SMILES string of the molecule is Cc1cc(SCC2COCCN2)ccc1Cl. The topological polar surface area (TPSA) is 21.3 Å². The van der Waals surface area contributed by atoms with Crippen molar-refractivity contribution >= 4 is 23.4 Å². The molecule has 1 N–H and O–H groups in total. The summed E-state index contributed by atoms with van der Waals surface area (Å²) in [6.07, 6.45) is 0. The van der Waals surface area contributed by atoms with Gasteiger partial charge in [-0.2, -0.15) is 0 Å². The Kier molecular flexibility index (Phi) is 4.53. The highest BCUT2D eigenvalue weighted by Crippen LogP contribution is 2.24. The van der Waals surface area contributed by atoms with Crippen molar-refractivity contribution in [2.24, 2.45) is 0 Å². The Morgan fingerprint density at radius 1 is 1.56 bits per heavy atom. The molecular formula is C12H16ClNOS. The summed E-state index contributed by atoms with van der Waals surface area (Å²) in [6.45, 7) is 4.65. The van der Waals surface area contributed by atoms with Crippen molar-refractivity contribution in [1.82, 2.24) is 5.32 Å². The minimum absolute atomic E-state index is 0.467. The maximum Gasteiger partial charge on any atom is 0.0628 e. The fraction of sp³-hybridized carbons (Fsp3) is 0.500. The van der Waals surface area contributed by atoms with Crippen LogP contribution in [0.1, 0.15) is 5.56 Å². The van der Waals surface area contributed by atoms with Crippen molar-refractivity contribution in [3.63, 3.8) is 0 Å². The lowest BCUT2D eigenvalue weighted by Gasteiger charge is -2.23. The first-order valence-corrected chi connectivity index (χ1v) is 6.82. The molecule has 2 nitrogen and oxygen atoms in total. The standard InChI is InChI=1S/C12H16ClNOS/c1-9-6-11(2-3-12(9)13)16-8-10-7-15-5-4-14-10/h2-3,6,10,14H,4-5,7-8H2,1H3. The Balaban J connectivity index is 1.86. The van der Waals surface area contributed by atoms with Gasteiger partial charge in [0.05, 0.1) is 13.2 Å². The Hall–Kier alpha value is -0.220. The van der Waals surface area contributed by atoms with Crippen LogP contribution in [-0.2, 0) is 4.74 Å². The molecule has 0 amide bonds. The highest BCUT2D eigenvalue weighted by Gasteiger charge is 2.12. The van der Waals surface area contributed by atoms with Gasteiger partial charge in [-0.15, -0.1) is 11.8 Å². The van der Waals surface area contributed by atoms with E-state index in [9.17, 15) is 0 Å². The monoisotopic (exact) mass is 257 g/mol. The lowest BCUT2D eigenvalue weighted by atomic mass is 10.2. The molecule has 1 atom stereocenters. The first-order chi connectivity index (χ1) is 7.75. The van der Waals surface area contributed by atoms with Gasteiger partial charge in [-0.3, -0.25) is 0 Å². The van der Waals surface area contributed by atoms with Gasteiger partial charge in [0.2, 0.25) is 0 Å². The fourth-order valence-electron chi connectivity index (χ4n) is 1.63. The summed E-state index contributed by atoms with van der Waals surface area (Å²) in [5.74, 6) is 1.04. The fourth-order valence-corrected chi connectivity index (χ4v) is 2.78. The van der Waals surface area contributed by atoms with Crippen LogP contribution in [0.5, 0.6) is 0 Å². The van der Waals surface area contributed by atoms with Gasteiger partial charge in [0.15, 0.2) is 0 Å². The van der Waals surface area contributed by atoms with E-state index in [0.29, 0.717) is 6.04 Å². The Morgan fingerprint density at radius 2 is 2.44 bits per heavy atom. The molecule has 1 unspecified atom stereocenters. The smallest absolute Gasteiger partial charge is 0.0628 e. The van der Waals surface area contributed by atoms with E-state index in [-0.39, 0.29) is 0 Å². The maximum atomic E-state index is 5.99. The second-order valence-corrected chi connectivity index (χ2v) is 5.45. The number of ether oxygens (including phenoxy) is 1. The van der Waals surface area contributed by atoms with Crippen LogP contribution in [0.4, 0.5) is 0 Å². The molecule has 0 radical (unpaired) electrons. The van der Waals surface area contributed by atoms with Gasteiger partial charge in [0, 0.05) is 28.3 Å². The first kappa shape index (κ1) is 12.2. The second-order valence-electron chi connectivity index (χ2n) is 3.95. The number of hydrogen-bond donors (Lipinski definition) is 1. The van der Waals surface area contributed by atoms with E-state index in [1.807, 2.05) is 24.8 Å². The van der Waals surface area contributed by atoms with E-state index in [1.165, 1.54) is 4.90 Å². The number of rotatable bonds is 3. The molecule has 0 spiro atoms. The van der Waals surface area contributed by atoms with Gasteiger partial charge < -0.3 is 10.1 Å². The van der Waals surface area contributed by atoms with Gasteiger partial charge in [0.25, 0.3) is 0 Å². The Bertz CT molecular complexity index is 353. The van der Waals surface area contributed by atoms with Crippen molar-refractivity contribution in [3.05, 3.63) is 28.8 Å². The largest absolute Gasteiger partial charge is 0.378 e. The molecule has 1 heterocycles. The van der Waals surface area contributed by atoms with Gasteiger partial charge in [-0.25, -0.2) is 0 Å². The maximum absolute atomic E-state index is 5.99. The molecule has 1 fully saturated rings. The minimum Gasteiger partial charge on any atom is -0.378 e. The number of benzene rings is 1. The summed E-state index contributed by atoms with van der Waals surface area (Å²) in [5, 5.41) is 4.28. The van der Waals surface area contributed by atoms with Gasteiger partial charge in [-0.1, -0.05) is 11.6 Å². The molecule has 0 bridgehead atoms. The lowest BCUT2D eigenvalue weighted by molar-refractivity contribution is 0.0837. The van der Waals surface area contributed by atoms with E-state index in [1.54, 1.807) is 0 Å². The highest BCUT2D eigenvalue weighted by atomic mass is 35.5. The van der Waals surface area contributed by atoms with Crippen LogP contribution in [-0.4, -0.2) is 31.6 Å². The average Bonchev–Trinajstić information content (AvgIpc) is 2.32. The molecule has 0 aliphatic carbocycles. The number of morpholine rings is 1. The molecule has 2 rings (SSSR count). The Morgan fingerprint density at radius 3 is 3.12 bits per heavy atom. The van der Waals surface area contributed by atoms with Gasteiger partial charge in [0.1, 0.15) is 0 Å². The van der Waals surface area contributed by atoms with Crippen molar-refractivity contribution in [1.29, 1.82) is 0 Å². The van der Waals surface area contributed by atoms with Gasteiger partial charge >= 0.3 is 0 Å². The van der Waals surface area contributed by atoms with E-state index in [4.69, 9.17) is 16.3 Å². The number of aryl methyl sites for hydroxylation is 1. The quantitative estimate of drug-likeness (QED) is 0.842. The van der Waals surface area contributed by atoms with Crippen molar-refractivity contribution < 1.29 is 4.74 Å². The molecule has 0 aromatic heterocycles. The first-order valence-electron chi connectivity index (χ1n) is 5.46. The molecular weight excluding hydrogens is 242 g/mol. The number of hydrogen-bond acceptors (Lipinski definition) is 3. The van der Waals surface area contributed by atoms with Crippen LogP contribution in [0.3, 0.4) is 0 Å². The van der Waals surface area contributed by atoms with Crippen LogP contribution < -0.4 is 5.32 Å². The predicted molar refractivity (Wildman–Crippen MR) is 69.5 cm³/mol. The second kappa shape index (κ2) is 5.92. The summed E-state index contributed by atoms with van der Waals surface area (Å²) >= 11 is 7.84. The van der Waals surface area contributed by atoms with Crippen molar-refractivity contribution in [3.8, 4) is 0 Å². The summed E-state index contributed by atoms with van der Waals surface area (Å²) in [4.78, 5) is 1.27. The highest BCUT2D eigenvalue weighted by molar-refractivity contribution is 7.99. The zero-order valence-corrected chi connectivity index (χ0v) is 10.9. The Labute approximate surface area is 106 Å². The average molecular weight is 258 g/mol. The normalized spacial score (nSPS) is 21.0. The minimum atomic E-state index is 0.467. The molecule has 1 aromatic rings. The molecule has 0 saturated carbocycles. The third-order valence-corrected chi connectivity index (χ3v) is 4.16. The third kappa shape index (κ3) is 3.39. The van der Waals surface area contributed by atoms with Crippen LogP contribution in [0.2, 0.25) is 5.02 Å². The molecule has 1 aromatic carbocycles. The third-order valence-electron chi connectivity index (χ3n) is 2.58. The van der Waals surface area contributed by atoms with E-state index in [2.05, 4.69) is 17.4 Å². The predicted octanol–water partition coefficient (Wildman–Crippen LogP) is 2.73. The van der Waals surface area contributed by atoms with Crippen LogP contribution in [0.15, 0.2) is 23.1 Å². The summed E-state index contributed by atoms with van der Waals surface area (Å²) < 4.78 is 5.42. The summed E-state index contributed by atoms with van der Waals surface area (Å²) in [5.41, 5.74) is 1.14. The van der Waals surface area contributed by atoms with Crippen molar-refractivity contribution in [2.75, 3.05) is 25.5 Å². The van der Waals surface area contributed by atoms with Crippen LogP contribution in [0.25, 0.3) is 0 Å². The molecule has 1 aliphatic heterocycles. The molecule has 88 valence electrons. The lowest BCUT2D eigenvalue weighted by Crippen LogP contribution is -2.42. The number of halogens is 1. The molecule has 1 aliphatic rings. The number of thioether (sulfide) groups is 1. The number of nitrogens with one attached hydrogen (secondary N) is 1.